The topological polar surface area (TPSA) is 81.1 Å². The Morgan fingerprint density at radius 1 is 1.69 bits per heavy atom. The Labute approximate surface area is 101 Å². The van der Waals surface area contributed by atoms with E-state index in [9.17, 15) is 4.79 Å². The van der Waals surface area contributed by atoms with Crippen LogP contribution in [0, 0.1) is 0 Å². The van der Waals surface area contributed by atoms with Crippen molar-refractivity contribution in [1.29, 1.82) is 0 Å². The lowest BCUT2D eigenvalue weighted by Crippen LogP contribution is -2.27. The number of aliphatic hydroxyl groups excluding tert-OH is 1. The van der Waals surface area contributed by atoms with Crippen molar-refractivity contribution in [3.05, 3.63) is 33.1 Å². The predicted octanol–water partition coefficient (Wildman–Crippen LogP) is 0.638. The van der Waals surface area contributed by atoms with Gasteiger partial charge in [0, 0.05) is 16.9 Å². The summed E-state index contributed by atoms with van der Waals surface area (Å²) in [6, 6.07) is 1.60. The minimum absolute atomic E-state index is 0.00528. The first-order valence-corrected chi connectivity index (χ1v) is 6.56. The Bertz CT molecular complexity index is 472. The third-order valence-electron chi connectivity index (χ3n) is 2.06. The van der Waals surface area contributed by atoms with Crippen LogP contribution in [0.25, 0.3) is 0 Å². The summed E-state index contributed by atoms with van der Waals surface area (Å²) in [6.07, 6.45) is 1.64. The fourth-order valence-corrected chi connectivity index (χ4v) is 3.63. The molecule has 7 heteroatoms. The van der Waals surface area contributed by atoms with E-state index in [1.54, 1.807) is 24.0 Å². The van der Waals surface area contributed by atoms with Gasteiger partial charge in [0.15, 0.2) is 0 Å². The number of thioether (sulfide) groups is 2. The number of nitrogen functional groups attached to an aromatic ring is 1. The molecule has 3 N–H and O–H groups in total. The van der Waals surface area contributed by atoms with Crippen LogP contribution in [0.3, 0.4) is 0 Å². The highest BCUT2D eigenvalue weighted by atomic mass is 32.2. The third-order valence-corrected chi connectivity index (χ3v) is 4.59. The quantitative estimate of drug-likeness (QED) is 0.809. The molecule has 0 saturated heterocycles. The van der Waals surface area contributed by atoms with E-state index < -0.39 is 0 Å². The normalized spacial score (nSPS) is 20.6. The van der Waals surface area contributed by atoms with Crippen LogP contribution in [-0.2, 0) is 0 Å². The molecular formula is C9H11N3O2S2. The van der Waals surface area contributed by atoms with Gasteiger partial charge >= 0.3 is 5.69 Å². The van der Waals surface area contributed by atoms with Gasteiger partial charge in [-0.25, -0.2) is 4.79 Å². The van der Waals surface area contributed by atoms with E-state index in [4.69, 9.17) is 10.8 Å². The molecule has 1 aliphatic heterocycles. The maximum absolute atomic E-state index is 11.6. The first-order valence-electron chi connectivity index (χ1n) is 4.63. The summed E-state index contributed by atoms with van der Waals surface area (Å²) in [4.78, 5) is 16.1. The molecular weight excluding hydrogens is 246 g/mol. The van der Waals surface area contributed by atoms with Crippen molar-refractivity contribution in [3.8, 4) is 0 Å². The number of anilines is 1. The van der Waals surface area contributed by atoms with Crippen LogP contribution >= 0.6 is 23.5 Å². The second-order valence-electron chi connectivity index (χ2n) is 3.19. The monoisotopic (exact) mass is 257 g/mol. The molecule has 0 aliphatic carbocycles. The van der Waals surface area contributed by atoms with Crippen molar-refractivity contribution in [2.24, 2.45) is 0 Å². The van der Waals surface area contributed by atoms with E-state index in [0.29, 0.717) is 0 Å². The van der Waals surface area contributed by atoms with Crippen molar-refractivity contribution in [2.75, 3.05) is 18.1 Å². The van der Waals surface area contributed by atoms with Crippen LogP contribution in [0.5, 0.6) is 0 Å². The molecule has 0 aromatic carbocycles. The number of rotatable bonds is 2. The van der Waals surface area contributed by atoms with E-state index in [1.807, 2.05) is 5.41 Å². The first kappa shape index (κ1) is 11.6. The van der Waals surface area contributed by atoms with Gasteiger partial charge in [0.25, 0.3) is 0 Å². The van der Waals surface area contributed by atoms with Crippen molar-refractivity contribution >= 4 is 29.3 Å². The summed E-state index contributed by atoms with van der Waals surface area (Å²) in [7, 11) is 0. The molecule has 2 rings (SSSR count). The standard InChI is InChI=1S/C9H11N3O2S2/c10-7-1-2-12(9(14)11-7)8-5-15-4-6(3-13)16-8/h1-2,4,8,13H,3,5H2,(H2,10,11,14). The van der Waals surface area contributed by atoms with Gasteiger partial charge in [0.1, 0.15) is 5.82 Å². The number of aromatic nitrogens is 2. The fraction of sp³-hybridized carbons (Fsp3) is 0.333. The third kappa shape index (κ3) is 2.42. The van der Waals surface area contributed by atoms with Gasteiger partial charge in [-0.15, -0.1) is 23.5 Å². The molecule has 0 bridgehead atoms. The van der Waals surface area contributed by atoms with E-state index in [0.717, 1.165) is 10.7 Å². The number of hydrogen-bond donors (Lipinski definition) is 2. The highest BCUT2D eigenvalue weighted by Gasteiger charge is 2.19. The van der Waals surface area contributed by atoms with Gasteiger partial charge in [0.2, 0.25) is 0 Å². The lowest BCUT2D eigenvalue weighted by atomic mass is 10.5. The Morgan fingerprint density at radius 2 is 2.50 bits per heavy atom. The minimum atomic E-state index is -0.350. The Kier molecular flexibility index (Phi) is 3.57. The number of nitrogens with zero attached hydrogens (tertiary/aromatic N) is 2. The van der Waals surface area contributed by atoms with E-state index in [-0.39, 0.29) is 23.5 Å². The molecule has 1 aliphatic rings. The summed E-state index contributed by atoms with van der Waals surface area (Å²) >= 11 is 3.06. The van der Waals surface area contributed by atoms with Gasteiger partial charge in [-0.05, 0) is 11.5 Å². The molecule has 5 nitrogen and oxygen atoms in total. The SMILES string of the molecule is Nc1ccn(C2CSC=C(CO)S2)c(=O)n1. The van der Waals surface area contributed by atoms with Crippen LogP contribution in [0.2, 0.25) is 0 Å². The van der Waals surface area contributed by atoms with E-state index >= 15 is 0 Å². The largest absolute Gasteiger partial charge is 0.391 e. The summed E-state index contributed by atoms with van der Waals surface area (Å²) in [5, 5.41) is 10.9. The van der Waals surface area contributed by atoms with Gasteiger partial charge in [0.05, 0.1) is 12.0 Å². The smallest absolute Gasteiger partial charge is 0.350 e. The molecule has 0 spiro atoms. The predicted molar refractivity (Wildman–Crippen MR) is 67.2 cm³/mol. The molecule has 1 aromatic rings. The zero-order valence-corrected chi connectivity index (χ0v) is 10.0. The van der Waals surface area contributed by atoms with Gasteiger partial charge in [-0.2, -0.15) is 4.98 Å². The van der Waals surface area contributed by atoms with E-state index in [2.05, 4.69) is 4.98 Å². The summed E-state index contributed by atoms with van der Waals surface area (Å²) in [5.74, 6) is 1.01. The van der Waals surface area contributed by atoms with Crippen LogP contribution in [0.1, 0.15) is 5.37 Å². The van der Waals surface area contributed by atoms with Crippen LogP contribution in [-0.4, -0.2) is 27.0 Å². The highest BCUT2D eigenvalue weighted by molar-refractivity contribution is 8.09. The summed E-state index contributed by atoms with van der Waals surface area (Å²) in [5.41, 5.74) is 5.07. The van der Waals surface area contributed by atoms with Gasteiger partial charge in [-0.1, -0.05) is 0 Å². The number of aliphatic hydroxyl groups is 1. The van der Waals surface area contributed by atoms with Gasteiger partial charge < -0.3 is 10.8 Å². The van der Waals surface area contributed by atoms with E-state index in [1.165, 1.54) is 16.3 Å². The Balaban J connectivity index is 2.25. The second-order valence-corrected chi connectivity index (χ2v) is 5.40. The summed E-state index contributed by atoms with van der Waals surface area (Å²) < 4.78 is 1.54. The summed E-state index contributed by atoms with van der Waals surface area (Å²) in [6.45, 7) is 0.00528. The molecule has 1 unspecified atom stereocenters. The zero-order chi connectivity index (χ0) is 11.5. The maximum atomic E-state index is 11.6. The molecule has 1 atom stereocenters. The lowest BCUT2D eigenvalue weighted by Gasteiger charge is -2.22. The highest BCUT2D eigenvalue weighted by Crippen LogP contribution is 2.38. The average molecular weight is 257 g/mol. The van der Waals surface area contributed by atoms with Crippen molar-refractivity contribution in [2.45, 2.75) is 5.37 Å². The zero-order valence-electron chi connectivity index (χ0n) is 8.37. The molecule has 2 heterocycles. The number of nitrogens with two attached hydrogens (primary N) is 1. The van der Waals surface area contributed by atoms with Crippen molar-refractivity contribution in [3.63, 3.8) is 0 Å². The molecule has 16 heavy (non-hydrogen) atoms. The number of hydrogen-bond acceptors (Lipinski definition) is 6. The fourth-order valence-electron chi connectivity index (χ4n) is 1.32. The molecule has 0 saturated carbocycles. The minimum Gasteiger partial charge on any atom is -0.391 e. The van der Waals surface area contributed by atoms with Crippen molar-refractivity contribution in [1.82, 2.24) is 9.55 Å². The lowest BCUT2D eigenvalue weighted by molar-refractivity contribution is 0.339. The van der Waals surface area contributed by atoms with Crippen LogP contribution < -0.4 is 11.4 Å². The second kappa shape index (κ2) is 4.94. The molecule has 0 radical (unpaired) electrons. The average Bonchev–Trinajstić information content (AvgIpc) is 2.29. The Hall–Kier alpha value is -0.920. The molecule has 86 valence electrons. The Morgan fingerprint density at radius 3 is 3.19 bits per heavy atom. The van der Waals surface area contributed by atoms with Crippen LogP contribution in [0.4, 0.5) is 5.82 Å². The van der Waals surface area contributed by atoms with Gasteiger partial charge in [-0.3, -0.25) is 4.57 Å². The maximum Gasteiger partial charge on any atom is 0.350 e. The van der Waals surface area contributed by atoms with Crippen LogP contribution in [0.15, 0.2) is 27.4 Å². The molecule has 0 fully saturated rings. The molecule has 0 amide bonds. The first-order chi connectivity index (χ1) is 7.70. The molecule has 1 aromatic heterocycles. The van der Waals surface area contributed by atoms with Crippen molar-refractivity contribution < 1.29 is 5.11 Å².